The van der Waals surface area contributed by atoms with Crippen LogP contribution in [-0.2, 0) is 6.54 Å². The number of benzene rings is 1. The topological polar surface area (TPSA) is 80.1 Å². The summed E-state index contributed by atoms with van der Waals surface area (Å²) in [7, 11) is 1.59. The van der Waals surface area contributed by atoms with E-state index in [-0.39, 0.29) is 18.7 Å². The number of H-pyrrole nitrogens is 1. The first-order chi connectivity index (χ1) is 9.24. The van der Waals surface area contributed by atoms with Crippen LogP contribution in [-0.4, -0.2) is 33.4 Å². The predicted octanol–water partition coefficient (Wildman–Crippen LogP) is 0.879. The summed E-state index contributed by atoms with van der Waals surface area (Å²) in [6.45, 7) is 0.140. The minimum absolute atomic E-state index is 0.0961. The molecule has 0 aliphatic heterocycles. The maximum Gasteiger partial charge on any atom is 0.277 e. The molecule has 0 saturated heterocycles. The molecule has 2 heterocycles. The lowest BCUT2D eigenvalue weighted by Gasteiger charge is -2.01. The molecule has 2 aromatic heterocycles. The molecule has 98 valence electrons. The van der Waals surface area contributed by atoms with Crippen LogP contribution in [0.3, 0.4) is 0 Å². The summed E-state index contributed by atoms with van der Waals surface area (Å²) < 4.78 is 6.54. The quantitative estimate of drug-likeness (QED) is 0.731. The van der Waals surface area contributed by atoms with Crippen LogP contribution in [0, 0.1) is 0 Å². The van der Waals surface area contributed by atoms with Crippen LogP contribution in [0.5, 0.6) is 5.75 Å². The molecule has 3 aromatic rings. The molecule has 0 unspecified atom stereocenters. The molecule has 0 radical (unpaired) electrons. The third-order valence-electron chi connectivity index (χ3n) is 3.12. The molecule has 19 heavy (non-hydrogen) atoms. The Labute approximate surface area is 108 Å². The van der Waals surface area contributed by atoms with Crippen molar-refractivity contribution in [1.29, 1.82) is 0 Å². The minimum atomic E-state index is -0.186. The van der Waals surface area contributed by atoms with Crippen molar-refractivity contribution in [3.63, 3.8) is 0 Å². The highest BCUT2D eigenvalue weighted by Gasteiger charge is 2.11. The van der Waals surface area contributed by atoms with Gasteiger partial charge in [0.05, 0.1) is 32.1 Å². The van der Waals surface area contributed by atoms with Gasteiger partial charge in [0.15, 0.2) is 0 Å². The van der Waals surface area contributed by atoms with Crippen molar-refractivity contribution < 1.29 is 9.84 Å². The van der Waals surface area contributed by atoms with Gasteiger partial charge >= 0.3 is 0 Å². The van der Waals surface area contributed by atoms with Crippen LogP contribution < -0.4 is 10.3 Å². The van der Waals surface area contributed by atoms with Gasteiger partial charge in [0, 0.05) is 11.5 Å². The normalized spacial score (nSPS) is 11.3. The molecular weight excluding hydrogens is 246 g/mol. The van der Waals surface area contributed by atoms with E-state index < -0.39 is 0 Å². The van der Waals surface area contributed by atoms with Crippen molar-refractivity contribution in [3.8, 4) is 5.75 Å². The van der Waals surface area contributed by atoms with E-state index in [2.05, 4.69) is 9.97 Å². The number of nitrogens with zero attached hydrogens (tertiary/aromatic N) is 2. The number of rotatable bonds is 3. The second kappa shape index (κ2) is 4.40. The third kappa shape index (κ3) is 1.77. The van der Waals surface area contributed by atoms with Gasteiger partial charge in [-0.15, -0.1) is 0 Å². The fraction of sp³-hybridized carbons (Fsp3) is 0.231. The zero-order valence-electron chi connectivity index (χ0n) is 10.4. The number of aliphatic hydroxyl groups excluding tert-OH is 1. The lowest BCUT2D eigenvalue weighted by Crippen LogP contribution is -2.22. The van der Waals surface area contributed by atoms with Gasteiger partial charge < -0.3 is 14.8 Å². The Balaban J connectivity index is 2.33. The van der Waals surface area contributed by atoms with E-state index in [0.717, 1.165) is 16.7 Å². The molecule has 0 aliphatic rings. The fourth-order valence-electron chi connectivity index (χ4n) is 2.17. The van der Waals surface area contributed by atoms with Crippen LogP contribution in [0.25, 0.3) is 21.9 Å². The highest BCUT2D eigenvalue weighted by Crippen LogP contribution is 2.25. The number of methoxy groups -OCH3 is 1. The van der Waals surface area contributed by atoms with Gasteiger partial charge in [0.1, 0.15) is 16.8 Å². The number of aliphatic hydroxyl groups is 1. The average Bonchev–Trinajstić information content (AvgIpc) is 2.80. The van der Waals surface area contributed by atoms with Gasteiger partial charge in [-0.25, -0.2) is 4.98 Å². The van der Waals surface area contributed by atoms with E-state index in [1.165, 1.54) is 10.9 Å². The summed E-state index contributed by atoms with van der Waals surface area (Å²) in [4.78, 5) is 19.5. The molecular formula is C13H13N3O3. The molecule has 0 spiro atoms. The van der Waals surface area contributed by atoms with Crippen molar-refractivity contribution in [1.82, 2.24) is 14.5 Å². The largest absolute Gasteiger partial charge is 0.497 e. The van der Waals surface area contributed by atoms with Crippen LogP contribution in [0.1, 0.15) is 0 Å². The lowest BCUT2D eigenvalue weighted by molar-refractivity contribution is 0.274. The van der Waals surface area contributed by atoms with E-state index in [0.29, 0.717) is 11.0 Å². The summed E-state index contributed by atoms with van der Waals surface area (Å²) in [5.41, 5.74) is 1.70. The van der Waals surface area contributed by atoms with E-state index >= 15 is 0 Å². The number of hydrogen-bond acceptors (Lipinski definition) is 4. The van der Waals surface area contributed by atoms with Crippen LogP contribution in [0.2, 0.25) is 0 Å². The molecule has 6 heteroatoms. The molecule has 1 aromatic carbocycles. The Hall–Kier alpha value is -2.34. The molecule has 0 amide bonds. The van der Waals surface area contributed by atoms with Crippen molar-refractivity contribution in [2.45, 2.75) is 6.54 Å². The standard InChI is InChI=1S/C13H13N3O3/c1-19-8-2-3-9-10(6-8)15-12-11(9)14-7-16(4-5-17)13(12)18/h2-3,6-7,15,17H,4-5H2,1H3. The Morgan fingerprint density at radius 3 is 3.05 bits per heavy atom. The molecule has 0 atom stereocenters. The van der Waals surface area contributed by atoms with E-state index in [1.54, 1.807) is 7.11 Å². The first-order valence-corrected chi connectivity index (χ1v) is 5.90. The summed E-state index contributed by atoms with van der Waals surface area (Å²) >= 11 is 0. The number of nitrogens with one attached hydrogen (secondary N) is 1. The highest BCUT2D eigenvalue weighted by atomic mass is 16.5. The molecule has 6 nitrogen and oxygen atoms in total. The Kier molecular flexibility index (Phi) is 2.72. The first kappa shape index (κ1) is 11.7. The summed E-state index contributed by atoms with van der Waals surface area (Å²) in [5.74, 6) is 0.717. The van der Waals surface area contributed by atoms with Crippen LogP contribution in [0.4, 0.5) is 0 Å². The molecule has 3 rings (SSSR count). The summed E-state index contributed by atoms with van der Waals surface area (Å²) in [6.07, 6.45) is 1.46. The van der Waals surface area contributed by atoms with E-state index in [4.69, 9.17) is 9.84 Å². The maximum absolute atomic E-state index is 12.2. The monoisotopic (exact) mass is 259 g/mol. The van der Waals surface area contributed by atoms with Crippen LogP contribution in [0.15, 0.2) is 29.3 Å². The smallest absolute Gasteiger partial charge is 0.277 e. The Morgan fingerprint density at radius 1 is 1.47 bits per heavy atom. The van der Waals surface area contributed by atoms with Gasteiger partial charge in [-0.2, -0.15) is 0 Å². The van der Waals surface area contributed by atoms with Crippen molar-refractivity contribution >= 4 is 21.9 Å². The number of fused-ring (bicyclic) bond motifs is 3. The highest BCUT2D eigenvalue weighted by molar-refractivity contribution is 6.04. The van der Waals surface area contributed by atoms with Crippen LogP contribution >= 0.6 is 0 Å². The maximum atomic E-state index is 12.2. The number of hydrogen-bond donors (Lipinski definition) is 2. The number of aromatic nitrogens is 3. The van der Waals surface area contributed by atoms with E-state index in [9.17, 15) is 4.79 Å². The van der Waals surface area contributed by atoms with Gasteiger partial charge in [-0.05, 0) is 12.1 Å². The average molecular weight is 259 g/mol. The first-order valence-electron chi connectivity index (χ1n) is 5.90. The summed E-state index contributed by atoms with van der Waals surface area (Å²) in [5, 5.41) is 9.79. The van der Waals surface area contributed by atoms with Gasteiger partial charge in [-0.3, -0.25) is 9.36 Å². The number of ether oxygens (including phenoxy) is 1. The second-order valence-electron chi connectivity index (χ2n) is 4.23. The van der Waals surface area contributed by atoms with Crippen molar-refractivity contribution in [2.24, 2.45) is 0 Å². The molecule has 0 aliphatic carbocycles. The lowest BCUT2D eigenvalue weighted by atomic mass is 10.2. The van der Waals surface area contributed by atoms with Crippen molar-refractivity contribution in [3.05, 3.63) is 34.9 Å². The molecule has 0 bridgehead atoms. The van der Waals surface area contributed by atoms with Crippen molar-refractivity contribution in [2.75, 3.05) is 13.7 Å². The van der Waals surface area contributed by atoms with Gasteiger partial charge in [0.25, 0.3) is 5.56 Å². The molecule has 2 N–H and O–H groups in total. The Morgan fingerprint density at radius 2 is 2.32 bits per heavy atom. The summed E-state index contributed by atoms with van der Waals surface area (Å²) in [6, 6.07) is 5.53. The fourth-order valence-corrected chi connectivity index (χ4v) is 2.17. The number of aromatic amines is 1. The van der Waals surface area contributed by atoms with Gasteiger partial charge in [0.2, 0.25) is 0 Å². The predicted molar refractivity (Wildman–Crippen MR) is 71.5 cm³/mol. The Bertz CT molecular complexity index is 804. The zero-order chi connectivity index (χ0) is 13.4. The SMILES string of the molecule is COc1ccc2c(c1)[nH]c1c(=O)n(CCO)cnc12. The molecule has 0 fully saturated rings. The zero-order valence-corrected chi connectivity index (χ0v) is 10.4. The minimum Gasteiger partial charge on any atom is -0.497 e. The van der Waals surface area contributed by atoms with E-state index in [1.807, 2.05) is 18.2 Å². The molecule has 0 saturated carbocycles. The second-order valence-corrected chi connectivity index (χ2v) is 4.23. The third-order valence-corrected chi connectivity index (χ3v) is 3.12. The van der Waals surface area contributed by atoms with Gasteiger partial charge in [-0.1, -0.05) is 0 Å².